The van der Waals surface area contributed by atoms with Gasteiger partial charge in [0, 0.05) is 7.11 Å². The smallest absolute Gasteiger partial charge is 0.0653 e. The standard InChI is InChI=1S/C10H19IO/c1-3-4-5-6-7-10(11)8-9-12-2/h8H,3-7,9H2,1-2H3/b10-8+. The summed E-state index contributed by atoms with van der Waals surface area (Å²) in [7, 11) is 1.73. The molecule has 0 heterocycles. The quantitative estimate of drug-likeness (QED) is 0.508. The van der Waals surface area contributed by atoms with Gasteiger partial charge >= 0.3 is 0 Å². The fraction of sp³-hybridized carbons (Fsp3) is 0.800. The van der Waals surface area contributed by atoms with E-state index in [1.807, 2.05) is 0 Å². The number of unbranched alkanes of at least 4 members (excludes halogenated alkanes) is 3. The summed E-state index contributed by atoms with van der Waals surface area (Å²) in [5.74, 6) is 0. The highest BCUT2D eigenvalue weighted by Crippen LogP contribution is 2.15. The number of halogens is 1. The Labute approximate surface area is 89.7 Å². The van der Waals surface area contributed by atoms with E-state index in [0.717, 1.165) is 6.61 Å². The zero-order valence-corrected chi connectivity index (χ0v) is 10.3. The summed E-state index contributed by atoms with van der Waals surface area (Å²) in [6, 6.07) is 0. The van der Waals surface area contributed by atoms with Gasteiger partial charge in [0.1, 0.15) is 0 Å². The van der Waals surface area contributed by atoms with E-state index in [0.29, 0.717) is 0 Å². The van der Waals surface area contributed by atoms with Crippen molar-refractivity contribution in [3.05, 3.63) is 9.66 Å². The van der Waals surface area contributed by atoms with Gasteiger partial charge in [-0.2, -0.15) is 0 Å². The highest BCUT2D eigenvalue weighted by atomic mass is 127. The van der Waals surface area contributed by atoms with E-state index in [-0.39, 0.29) is 0 Å². The van der Waals surface area contributed by atoms with E-state index in [9.17, 15) is 0 Å². The average molecular weight is 282 g/mol. The van der Waals surface area contributed by atoms with Crippen molar-refractivity contribution in [1.29, 1.82) is 0 Å². The molecular formula is C10H19IO. The zero-order chi connectivity index (χ0) is 9.23. The molecule has 0 aromatic rings. The summed E-state index contributed by atoms with van der Waals surface area (Å²) < 4.78 is 6.39. The molecule has 2 heteroatoms. The zero-order valence-electron chi connectivity index (χ0n) is 8.11. The molecule has 0 saturated carbocycles. The Kier molecular flexibility index (Phi) is 9.86. The maximum Gasteiger partial charge on any atom is 0.0653 e. The van der Waals surface area contributed by atoms with Crippen LogP contribution in [0.5, 0.6) is 0 Å². The third-order valence-corrected chi connectivity index (χ3v) is 2.72. The van der Waals surface area contributed by atoms with Crippen LogP contribution in [0.3, 0.4) is 0 Å². The van der Waals surface area contributed by atoms with Gasteiger partial charge < -0.3 is 4.74 Å². The number of hydrogen-bond donors (Lipinski definition) is 0. The lowest BCUT2D eigenvalue weighted by Gasteiger charge is -1.99. The van der Waals surface area contributed by atoms with Gasteiger partial charge in [-0.25, -0.2) is 0 Å². The molecule has 0 radical (unpaired) electrons. The van der Waals surface area contributed by atoms with Crippen molar-refractivity contribution in [3.8, 4) is 0 Å². The highest BCUT2D eigenvalue weighted by molar-refractivity contribution is 14.1. The van der Waals surface area contributed by atoms with Gasteiger partial charge in [-0.3, -0.25) is 0 Å². The second-order valence-corrected chi connectivity index (χ2v) is 4.30. The van der Waals surface area contributed by atoms with Crippen LogP contribution in [0.2, 0.25) is 0 Å². The molecule has 0 aliphatic carbocycles. The van der Waals surface area contributed by atoms with Crippen LogP contribution in [0.1, 0.15) is 39.0 Å². The first kappa shape index (κ1) is 12.4. The minimum Gasteiger partial charge on any atom is -0.381 e. The van der Waals surface area contributed by atoms with Crippen molar-refractivity contribution in [1.82, 2.24) is 0 Å². The molecule has 0 N–H and O–H groups in total. The summed E-state index contributed by atoms with van der Waals surface area (Å²) in [6.07, 6.45) is 8.76. The topological polar surface area (TPSA) is 9.23 Å². The second kappa shape index (κ2) is 9.52. The van der Waals surface area contributed by atoms with E-state index in [1.54, 1.807) is 7.11 Å². The summed E-state index contributed by atoms with van der Waals surface area (Å²) in [5.41, 5.74) is 0. The molecule has 1 nitrogen and oxygen atoms in total. The molecule has 0 bridgehead atoms. The number of rotatable bonds is 7. The Morgan fingerprint density at radius 1 is 1.33 bits per heavy atom. The van der Waals surface area contributed by atoms with Gasteiger partial charge in [-0.1, -0.05) is 26.2 Å². The molecule has 0 spiro atoms. The maximum atomic E-state index is 4.96. The summed E-state index contributed by atoms with van der Waals surface area (Å²) in [4.78, 5) is 0. The molecule has 0 fully saturated rings. The molecule has 0 aliphatic heterocycles. The molecule has 72 valence electrons. The Morgan fingerprint density at radius 3 is 2.67 bits per heavy atom. The van der Waals surface area contributed by atoms with Crippen molar-refractivity contribution in [2.45, 2.75) is 39.0 Å². The summed E-state index contributed by atoms with van der Waals surface area (Å²) >= 11 is 2.40. The Morgan fingerprint density at radius 2 is 2.08 bits per heavy atom. The van der Waals surface area contributed by atoms with Crippen molar-refractivity contribution < 1.29 is 4.74 Å². The molecule has 12 heavy (non-hydrogen) atoms. The van der Waals surface area contributed by atoms with E-state index in [2.05, 4.69) is 35.6 Å². The van der Waals surface area contributed by atoms with Gasteiger partial charge in [-0.15, -0.1) is 0 Å². The lowest BCUT2D eigenvalue weighted by Crippen LogP contribution is -1.84. The number of hydrogen-bond acceptors (Lipinski definition) is 1. The van der Waals surface area contributed by atoms with Gasteiger partial charge in [0.15, 0.2) is 0 Å². The van der Waals surface area contributed by atoms with E-state index in [1.165, 1.54) is 35.7 Å². The van der Waals surface area contributed by atoms with Crippen molar-refractivity contribution >= 4 is 22.6 Å². The monoisotopic (exact) mass is 282 g/mol. The fourth-order valence-electron chi connectivity index (χ4n) is 0.996. The van der Waals surface area contributed by atoms with Crippen molar-refractivity contribution in [2.24, 2.45) is 0 Å². The lowest BCUT2D eigenvalue weighted by molar-refractivity contribution is 0.233. The summed E-state index contributed by atoms with van der Waals surface area (Å²) in [5, 5.41) is 0. The Hall–Kier alpha value is 0.430. The van der Waals surface area contributed by atoms with Crippen LogP contribution in [-0.4, -0.2) is 13.7 Å². The third kappa shape index (κ3) is 8.53. The van der Waals surface area contributed by atoms with Crippen LogP contribution in [0.4, 0.5) is 0 Å². The first-order valence-electron chi connectivity index (χ1n) is 4.64. The Bertz CT molecular complexity index is 121. The second-order valence-electron chi connectivity index (χ2n) is 2.92. The van der Waals surface area contributed by atoms with E-state index < -0.39 is 0 Å². The number of ether oxygens (including phenoxy) is 1. The van der Waals surface area contributed by atoms with E-state index >= 15 is 0 Å². The van der Waals surface area contributed by atoms with Crippen LogP contribution in [0, 0.1) is 0 Å². The molecule has 0 atom stereocenters. The predicted molar refractivity (Wildman–Crippen MR) is 62.7 cm³/mol. The summed E-state index contributed by atoms with van der Waals surface area (Å²) in [6.45, 7) is 3.00. The van der Waals surface area contributed by atoms with Gasteiger partial charge in [-0.05, 0) is 45.1 Å². The first-order valence-corrected chi connectivity index (χ1v) is 5.72. The maximum absolute atomic E-state index is 4.96. The average Bonchev–Trinajstić information content (AvgIpc) is 2.09. The third-order valence-electron chi connectivity index (χ3n) is 1.74. The van der Waals surface area contributed by atoms with Crippen molar-refractivity contribution in [2.75, 3.05) is 13.7 Å². The molecule has 0 aromatic heterocycles. The molecule has 0 unspecified atom stereocenters. The minimum atomic E-state index is 0.756. The largest absolute Gasteiger partial charge is 0.381 e. The minimum absolute atomic E-state index is 0.756. The van der Waals surface area contributed by atoms with Gasteiger partial charge in [0.2, 0.25) is 0 Å². The van der Waals surface area contributed by atoms with Crippen LogP contribution in [0.15, 0.2) is 9.66 Å². The molecule has 0 aliphatic rings. The fourth-order valence-corrected chi connectivity index (χ4v) is 1.56. The SMILES string of the molecule is CCCCCC/C(I)=C\COC. The van der Waals surface area contributed by atoms with Crippen LogP contribution >= 0.6 is 22.6 Å². The highest BCUT2D eigenvalue weighted by Gasteiger charge is 1.91. The molecular weight excluding hydrogens is 263 g/mol. The first-order chi connectivity index (χ1) is 5.81. The van der Waals surface area contributed by atoms with Crippen molar-refractivity contribution in [3.63, 3.8) is 0 Å². The molecule has 0 saturated heterocycles. The lowest BCUT2D eigenvalue weighted by atomic mass is 10.1. The predicted octanol–water partition coefficient (Wildman–Crippen LogP) is 3.92. The molecule has 0 aromatic carbocycles. The van der Waals surface area contributed by atoms with Crippen LogP contribution < -0.4 is 0 Å². The molecule has 0 rings (SSSR count). The van der Waals surface area contributed by atoms with E-state index in [4.69, 9.17) is 4.74 Å². The van der Waals surface area contributed by atoms with Gasteiger partial charge in [0.05, 0.1) is 6.61 Å². The Balaban J connectivity index is 3.24. The number of methoxy groups -OCH3 is 1. The number of allylic oxidation sites excluding steroid dienone is 1. The normalized spacial score (nSPS) is 12.1. The van der Waals surface area contributed by atoms with Gasteiger partial charge in [0.25, 0.3) is 0 Å². The van der Waals surface area contributed by atoms with Crippen LogP contribution in [0.25, 0.3) is 0 Å². The molecule has 0 amide bonds. The van der Waals surface area contributed by atoms with Crippen LogP contribution in [-0.2, 0) is 4.74 Å².